The smallest absolute Gasteiger partial charge is 0.144 e. The second kappa shape index (κ2) is 12.0. The lowest BCUT2D eigenvalue weighted by Crippen LogP contribution is -2.17. The first-order chi connectivity index (χ1) is 31.1. The Bertz CT molecular complexity index is 4110. The Morgan fingerprint density at radius 1 is 0.391 bits per heavy atom. The van der Waals surface area contributed by atoms with Gasteiger partial charge in [-0.25, -0.2) is 0 Å². The van der Waals surface area contributed by atoms with Gasteiger partial charge in [0.1, 0.15) is 44.8 Å². The van der Waals surface area contributed by atoms with E-state index in [4.69, 9.17) is 17.7 Å². The maximum atomic E-state index is 7.03. The first-order valence-electron chi connectivity index (χ1n) is 22.0. The lowest BCUT2D eigenvalue weighted by atomic mass is 9.78. The van der Waals surface area contributed by atoms with Gasteiger partial charge in [-0.15, -0.1) is 0 Å². The van der Waals surface area contributed by atoms with Gasteiger partial charge in [0.05, 0.1) is 0 Å². The number of rotatable bonds is 4. The molecule has 4 heteroatoms. The Morgan fingerprint density at radius 3 is 1.34 bits per heavy atom. The number of para-hydroxylation sites is 3. The van der Waals surface area contributed by atoms with Crippen LogP contribution in [0.1, 0.15) is 61.3 Å². The van der Waals surface area contributed by atoms with Gasteiger partial charge in [-0.05, 0) is 128 Å². The molecule has 4 heterocycles. The average molecular weight is 825 g/mol. The van der Waals surface area contributed by atoms with Gasteiger partial charge < -0.3 is 17.7 Å². The number of hydrogen-bond acceptors (Lipinski definition) is 4. The van der Waals surface area contributed by atoms with Crippen LogP contribution < -0.4 is 0 Å². The van der Waals surface area contributed by atoms with Gasteiger partial charge in [-0.1, -0.05) is 114 Å². The van der Waals surface area contributed by atoms with Gasteiger partial charge in [0.25, 0.3) is 0 Å². The monoisotopic (exact) mass is 824 g/mol. The van der Waals surface area contributed by atoms with E-state index in [2.05, 4.69) is 162 Å². The van der Waals surface area contributed by atoms with E-state index in [0.29, 0.717) is 0 Å². The molecule has 0 spiro atoms. The maximum Gasteiger partial charge on any atom is 0.144 e. The molecule has 0 saturated carbocycles. The van der Waals surface area contributed by atoms with E-state index in [1.807, 2.05) is 18.2 Å². The number of furan rings is 4. The van der Waals surface area contributed by atoms with Crippen LogP contribution in [0, 0.1) is 0 Å². The summed E-state index contributed by atoms with van der Waals surface area (Å²) >= 11 is 0. The lowest BCUT2D eigenvalue weighted by molar-refractivity contribution is 0.603. The minimum absolute atomic E-state index is 0.349. The molecule has 0 saturated heterocycles. The summed E-state index contributed by atoms with van der Waals surface area (Å²) in [4.78, 5) is 0. The molecule has 0 N–H and O–H groups in total. The highest BCUT2D eigenvalue weighted by molar-refractivity contribution is 6.21. The SMILES string of the molecule is C=Cc1oc2cc(-c3cc4c(c5oc6ccccc6c35)-c3cc5c(cc3C4(C)C)-c3c(cc(-c4ccc6c(c4)oc4ccccc46)c4c3oc3ccccc34)C5(C)C)ccc2c1C=C. The van der Waals surface area contributed by atoms with E-state index in [1.165, 1.54) is 44.5 Å². The van der Waals surface area contributed by atoms with Crippen LogP contribution in [0.3, 0.4) is 0 Å². The van der Waals surface area contributed by atoms with Crippen LogP contribution in [0.5, 0.6) is 0 Å². The molecular weight excluding hydrogens is 785 g/mol. The molecule has 0 radical (unpaired) electrons. The summed E-state index contributed by atoms with van der Waals surface area (Å²) in [7, 11) is 0. The summed E-state index contributed by atoms with van der Waals surface area (Å²) in [6, 6.07) is 48.1. The molecule has 12 aromatic rings. The van der Waals surface area contributed by atoms with Crippen molar-refractivity contribution in [3.05, 3.63) is 180 Å². The Hall–Kier alpha value is -7.82. The first kappa shape index (κ1) is 35.7. The fourth-order valence-corrected chi connectivity index (χ4v) is 11.7. The quantitative estimate of drug-likeness (QED) is 0.177. The van der Waals surface area contributed by atoms with E-state index in [-0.39, 0.29) is 10.8 Å². The van der Waals surface area contributed by atoms with Gasteiger partial charge in [0, 0.05) is 65.2 Å². The predicted molar refractivity (Wildman–Crippen MR) is 264 cm³/mol. The van der Waals surface area contributed by atoms with Crippen LogP contribution >= 0.6 is 0 Å². The number of fused-ring (bicyclic) bond motifs is 18. The molecule has 0 bridgehead atoms. The van der Waals surface area contributed by atoms with Crippen molar-refractivity contribution < 1.29 is 17.7 Å². The van der Waals surface area contributed by atoms with Crippen LogP contribution in [0.15, 0.2) is 164 Å². The second-order valence-corrected chi connectivity index (χ2v) is 18.8. The van der Waals surface area contributed by atoms with Crippen molar-refractivity contribution in [1.82, 2.24) is 0 Å². The predicted octanol–water partition coefficient (Wildman–Crippen LogP) is 17.4. The Kier molecular flexibility index (Phi) is 6.70. The van der Waals surface area contributed by atoms with Crippen LogP contribution in [-0.4, -0.2) is 0 Å². The molecule has 2 aliphatic rings. The van der Waals surface area contributed by atoms with Crippen molar-refractivity contribution in [3.63, 3.8) is 0 Å². The summed E-state index contributed by atoms with van der Waals surface area (Å²) in [6.45, 7) is 17.5. The minimum atomic E-state index is -0.357. The van der Waals surface area contributed by atoms with E-state index < -0.39 is 0 Å². The van der Waals surface area contributed by atoms with Crippen LogP contribution in [0.25, 0.3) is 133 Å². The van der Waals surface area contributed by atoms with Gasteiger partial charge in [0.2, 0.25) is 0 Å². The number of hydrogen-bond donors (Lipinski definition) is 0. The highest BCUT2D eigenvalue weighted by Gasteiger charge is 2.45. The molecule has 4 nitrogen and oxygen atoms in total. The zero-order valence-electron chi connectivity index (χ0n) is 35.9. The van der Waals surface area contributed by atoms with Gasteiger partial charge in [0.15, 0.2) is 0 Å². The fourth-order valence-electron chi connectivity index (χ4n) is 11.7. The Balaban J connectivity index is 1.02. The third-order valence-corrected chi connectivity index (χ3v) is 14.8. The number of benzene rings is 8. The molecule has 304 valence electrons. The molecule has 0 amide bonds. The van der Waals surface area contributed by atoms with Crippen LogP contribution in [0.2, 0.25) is 0 Å². The van der Waals surface area contributed by atoms with E-state index in [9.17, 15) is 0 Å². The average Bonchev–Trinajstić information content (AvgIpc) is 4.14. The summed E-state index contributed by atoms with van der Waals surface area (Å²) in [5.41, 5.74) is 20.7. The lowest BCUT2D eigenvalue weighted by Gasteiger charge is -2.24. The molecule has 64 heavy (non-hydrogen) atoms. The van der Waals surface area contributed by atoms with Crippen molar-refractivity contribution in [1.29, 1.82) is 0 Å². The Labute approximate surface area is 368 Å². The zero-order chi connectivity index (χ0) is 43.0. The molecule has 4 aromatic heterocycles. The second-order valence-electron chi connectivity index (χ2n) is 18.8. The molecule has 0 unspecified atom stereocenters. The highest BCUT2D eigenvalue weighted by atomic mass is 16.3. The largest absolute Gasteiger partial charge is 0.456 e. The van der Waals surface area contributed by atoms with E-state index in [0.717, 1.165) is 110 Å². The summed E-state index contributed by atoms with van der Waals surface area (Å²) in [5, 5.41) is 7.69. The Morgan fingerprint density at radius 2 is 0.828 bits per heavy atom. The third-order valence-electron chi connectivity index (χ3n) is 14.8. The minimum Gasteiger partial charge on any atom is -0.456 e. The molecule has 8 aromatic carbocycles. The summed E-state index contributed by atoms with van der Waals surface area (Å²) < 4.78 is 26.8. The van der Waals surface area contributed by atoms with Crippen molar-refractivity contribution in [2.24, 2.45) is 0 Å². The van der Waals surface area contributed by atoms with Crippen molar-refractivity contribution in [2.75, 3.05) is 0 Å². The normalized spacial score (nSPS) is 14.6. The standard InChI is InChI=1S/C60H40O4/c1-7-33-35-23-21-31(25-51(35)61-47(33)8-2)39-27-45-55(57-53(39)37-16-10-13-19-49(37)63-57)41-29-44-42(30-43(41)59(45,3)4)56-46(60(44,5)6)28-40(54-38-17-11-14-20-50(38)64-58(54)56)32-22-24-36-34-15-9-12-18-48(34)62-52(36)26-32/h7-30H,1-2H2,3-6H3. The van der Waals surface area contributed by atoms with Gasteiger partial charge >= 0.3 is 0 Å². The van der Waals surface area contributed by atoms with Gasteiger partial charge in [-0.2, -0.15) is 0 Å². The topological polar surface area (TPSA) is 52.6 Å². The van der Waals surface area contributed by atoms with Crippen LogP contribution in [-0.2, 0) is 10.8 Å². The van der Waals surface area contributed by atoms with E-state index in [1.54, 1.807) is 6.08 Å². The van der Waals surface area contributed by atoms with E-state index >= 15 is 0 Å². The third kappa shape index (κ3) is 4.37. The summed E-state index contributed by atoms with van der Waals surface area (Å²) in [5.74, 6) is 0.726. The van der Waals surface area contributed by atoms with Crippen molar-refractivity contribution in [2.45, 2.75) is 38.5 Å². The molecule has 14 rings (SSSR count). The van der Waals surface area contributed by atoms with Crippen LogP contribution in [0.4, 0.5) is 0 Å². The van der Waals surface area contributed by atoms with Gasteiger partial charge in [-0.3, -0.25) is 0 Å². The molecule has 0 aliphatic heterocycles. The molecule has 0 fully saturated rings. The first-order valence-corrected chi connectivity index (χ1v) is 22.0. The maximum absolute atomic E-state index is 7.03. The summed E-state index contributed by atoms with van der Waals surface area (Å²) in [6.07, 6.45) is 3.60. The molecular formula is C60H40O4. The fraction of sp³-hybridized carbons (Fsp3) is 0.100. The zero-order valence-corrected chi connectivity index (χ0v) is 35.9. The van der Waals surface area contributed by atoms with Crippen molar-refractivity contribution in [3.8, 4) is 44.5 Å². The van der Waals surface area contributed by atoms with Crippen molar-refractivity contribution >= 4 is 88.9 Å². The molecule has 0 atom stereocenters. The highest BCUT2D eigenvalue weighted by Crippen LogP contribution is 2.61. The molecule has 2 aliphatic carbocycles.